The highest BCUT2D eigenvalue weighted by Gasteiger charge is 2.12. The molecule has 0 saturated heterocycles. The van der Waals surface area contributed by atoms with E-state index in [1.165, 1.54) is 4.57 Å². The van der Waals surface area contributed by atoms with E-state index in [9.17, 15) is 9.59 Å². The van der Waals surface area contributed by atoms with Gasteiger partial charge in [0, 0.05) is 25.9 Å². The summed E-state index contributed by atoms with van der Waals surface area (Å²) < 4.78 is 9.01. The van der Waals surface area contributed by atoms with Crippen LogP contribution in [0.15, 0.2) is 40.3 Å². The maximum atomic E-state index is 12.3. The van der Waals surface area contributed by atoms with E-state index in [1.54, 1.807) is 24.5 Å². The van der Waals surface area contributed by atoms with Gasteiger partial charge in [-0.3, -0.25) is 14.3 Å². The van der Waals surface area contributed by atoms with Crippen LogP contribution in [0.1, 0.15) is 5.69 Å². The van der Waals surface area contributed by atoms with E-state index in [-0.39, 0.29) is 6.54 Å². The van der Waals surface area contributed by atoms with E-state index >= 15 is 0 Å². The Bertz CT molecular complexity index is 1060. The molecule has 1 N–H and O–H groups in total. The van der Waals surface area contributed by atoms with Crippen molar-refractivity contribution in [2.45, 2.75) is 39.0 Å². The number of ether oxygens (including phenoxy) is 1. The highest BCUT2D eigenvalue weighted by atomic mass is 35.5. The Balaban J connectivity index is 1.77. The fourth-order valence-electron chi connectivity index (χ4n) is 2.69. The molecule has 0 bridgehead atoms. The topological polar surface area (TPSA) is 81.9 Å². The Morgan fingerprint density at radius 3 is 2.78 bits per heavy atom. The number of imidazole rings is 1. The third-order valence-corrected chi connectivity index (χ3v) is 6.14. The van der Waals surface area contributed by atoms with Gasteiger partial charge in [-0.1, -0.05) is 31.2 Å². The molecule has 0 unspecified atom stereocenters. The summed E-state index contributed by atoms with van der Waals surface area (Å²) in [6.07, 6.45) is 3.51. The van der Waals surface area contributed by atoms with Gasteiger partial charge in [0.1, 0.15) is 6.73 Å². The lowest BCUT2D eigenvalue weighted by Gasteiger charge is -2.15. The summed E-state index contributed by atoms with van der Waals surface area (Å²) >= 11 is 6.04. The molecule has 2 aromatic heterocycles. The van der Waals surface area contributed by atoms with Gasteiger partial charge in [0.2, 0.25) is 0 Å². The number of fused-ring (bicyclic) bond motifs is 1. The number of nitrogens with zero attached hydrogens (tertiary/aromatic N) is 3. The highest BCUT2D eigenvalue weighted by Crippen LogP contribution is 2.16. The first-order chi connectivity index (χ1) is 12.7. The number of rotatable bonds is 7. The van der Waals surface area contributed by atoms with Crippen LogP contribution in [0.25, 0.3) is 10.9 Å². The molecule has 0 aliphatic rings. The number of hydrogen-bond acceptors (Lipinski definition) is 4. The molecule has 2 heterocycles. The number of hydrogen-bond donors (Lipinski definition) is 1. The van der Waals surface area contributed by atoms with Gasteiger partial charge in [-0.15, -0.1) is 0 Å². The molecule has 0 atom stereocenters. The molecule has 0 spiro atoms. The Kier molecular flexibility index (Phi) is 5.68. The summed E-state index contributed by atoms with van der Waals surface area (Å²) in [5, 5.41) is 0.871. The minimum absolute atomic E-state index is 0.231. The van der Waals surface area contributed by atoms with E-state index in [0.29, 0.717) is 28.4 Å². The number of H-pyrrole nitrogens is 1. The van der Waals surface area contributed by atoms with Crippen molar-refractivity contribution in [3.63, 3.8) is 0 Å². The fourth-order valence-corrected chi connectivity index (χ4v) is 3.61. The molecule has 144 valence electrons. The van der Waals surface area contributed by atoms with E-state index < -0.39 is 19.3 Å². The first-order valence-corrected chi connectivity index (χ1v) is 12.8. The monoisotopic (exact) mass is 406 g/mol. The minimum atomic E-state index is -1.11. The van der Waals surface area contributed by atoms with Gasteiger partial charge in [-0.05, 0) is 24.2 Å². The predicted molar refractivity (Wildman–Crippen MR) is 109 cm³/mol. The van der Waals surface area contributed by atoms with Crippen LogP contribution in [-0.2, 0) is 18.0 Å². The van der Waals surface area contributed by atoms with Gasteiger partial charge in [0.25, 0.3) is 5.56 Å². The first-order valence-electron chi connectivity index (χ1n) is 8.74. The normalized spacial score (nSPS) is 12.0. The maximum absolute atomic E-state index is 12.3. The molecule has 0 fully saturated rings. The fraction of sp³-hybridized carbons (Fsp3) is 0.389. The molecule has 3 aromatic rings. The SMILES string of the molecule is C[Si](C)(C)CCOCn1cnc(Cn2c(=O)[nH]c(=O)c3ccc(Cl)cc32)c1. The zero-order valence-corrected chi connectivity index (χ0v) is 17.4. The Labute approximate surface area is 162 Å². The van der Waals surface area contributed by atoms with Crippen LogP contribution in [0.4, 0.5) is 0 Å². The van der Waals surface area contributed by atoms with Crippen molar-refractivity contribution in [2.24, 2.45) is 0 Å². The minimum Gasteiger partial charge on any atom is -0.361 e. The Morgan fingerprint density at radius 1 is 1.26 bits per heavy atom. The van der Waals surface area contributed by atoms with Gasteiger partial charge in [0.05, 0.1) is 29.5 Å². The summed E-state index contributed by atoms with van der Waals surface area (Å²) in [5.74, 6) is 0. The van der Waals surface area contributed by atoms with Gasteiger partial charge in [-0.2, -0.15) is 0 Å². The average molecular weight is 407 g/mol. The molecule has 27 heavy (non-hydrogen) atoms. The highest BCUT2D eigenvalue weighted by molar-refractivity contribution is 6.76. The Morgan fingerprint density at radius 2 is 2.04 bits per heavy atom. The van der Waals surface area contributed by atoms with Gasteiger partial charge in [-0.25, -0.2) is 9.78 Å². The zero-order chi connectivity index (χ0) is 19.6. The summed E-state index contributed by atoms with van der Waals surface area (Å²) in [7, 11) is -1.11. The lowest BCUT2D eigenvalue weighted by atomic mass is 10.2. The zero-order valence-electron chi connectivity index (χ0n) is 15.7. The lowest BCUT2D eigenvalue weighted by molar-refractivity contribution is 0.0871. The molecular formula is C18H23ClN4O3Si. The van der Waals surface area contributed by atoms with Crippen molar-refractivity contribution in [1.29, 1.82) is 0 Å². The Hall–Kier alpha value is -2.16. The van der Waals surface area contributed by atoms with E-state index in [2.05, 4.69) is 29.6 Å². The van der Waals surface area contributed by atoms with Gasteiger partial charge < -0.3 is 9.30 Å². The van der Waals surface area contributed by atoms with Crippen molar-refractivity contribution in [3.8, 4) is 0 Å². The average Bonchev–Trinajstić information content (AvgIpc) is 3.02. The molecule has 0 radical (unpaired) electrons. The second kappa shape index (κ2) is 7.83. The standard InChI is InChI=1S/C18H23ClN4O3Si/c1-27(2,3)7-6-26-12-22-9-14(20-11-22)10-23-16-8-13(19)4-5-15(16)17(24)21-18(23)25/h4-5,8-9,11H,6-7,10,12H2,1-3H3,(H,21,24,25). The van der Waals surface area contributed by atoms with E-state index in [0.717, 1.165) is 12.7 Å². The number of aromatic amines is 1. The predicted octanol–water partition coefficient (Wildman–Crippen LogP) is 2.90. The third kappa shape index (κ3) is 4.97. The van der Waals surface area contributed by atoms with Crippen LogP contribution >= 0.6 is 11.6 Å². The smallest absolute Gasteiger partial charge is 0.329 e. The second-order valence-corrected chi connectivity index (χ2v) is 13.8. The van der Waals surface area contributed by atoms with E-state index in [1.807, 2.05) is 10.8 Å². The van der Waals surface area contributed by atoms with Crippen LogP contribution in [-0.4, -0.2) is 33.8 Å². The summed E-state index contributed by atoms with van der Waals surface area (Å²) in [6.45, 7) is 8.31. The van der Waals surface area contributed by atoms with Gasteiger partial charge >= 0.3 is 5.69 Å². The lowest BCUT2D eigenvalue weighted by Crippen LogP contribution is -2.30. The molecular weight excluding hydrogens is 384 g/mol. The molecule has 3 rings (SSSR count). The molecule has 7 nitrogen and oxygen atoms in total. The summed E-state index contributed by atoms with van der Waals surface area (Å²) in [6, 6.07) is 5.95. The number of nitrogens with one attached hydrogen (secondary N) is 1. The number of halogens is 1. The van der Waals surface area contributed by atoms with Crippen molar-refractivity contribution in [2.75, 3.05) is 6.61 Å². The number of aromatic nitrogens is 4. The van der Waals surface area contributed by atoms with Crippen LogP contribution in [0.5, 0.6) is 0 Å². The van der Waals surface area contributed by atoms with Crippen molar-refractivity contribution < 1.29 is 4.74 Å². The number of benzene rings is 1. The molecule has 0 aliphatic heterocycles. The van der Waals surface area contributed by atoms with Crippen LogP contribution < -0.4 is 11.2 Å². The molecule has 0 aliphatic carbocycles. The van der Waals surface area contributed by atoms with Gasteiger partial charge in [0.15, 0.2) is 0 Å². The summed E-state index contributed by atoms with van der Waals surface area (Å²) in [4.78, 5) is 31.0. The van der Waals surface area contributed by atoms with E-state index in [4.69, 9.17) is 16.3 Å². The van der Waals surface area contributed by atoms with Crippen molar-refractivity contribution in [3.05, 3.63) is 62.3 Å². The third-order valence-electron chi connectivity index (χ3n) is 4.20. The maximum Gasteiger partial charge on any atom is 0.329 e. The van der Waals surface area contributed by atoms with Crippen LogP contribution in [0.3, 0.4) is 0 Å². The van der Waals surface area contributed by atoms with Crippen LogP contribution in [0.2, 0.25) is 30.7 Å². The molecule has 0 amide bonds. The summed E-state index contributed by atoms with van der Waals surface area (Å²) in [5.41, 5.74) is 0.261. The first kappa shape index (κ1) is 19.6. The molecule has 1 aromatic carbocycles. The largest absolute Gasteiger partial charge is 0.361 e. The van der Waals surface area contributed by atoms with Crippen molar-refractivity contribution >= 4 is 30.6 Å². The molecule has 0 saturated carbocycles. The quantitative estimate of drug-likeness (QED) is 0.483. The van der Waals surface area contributed by atoms with Crippen LogP contribution in [0, 0.1) is 0 Å². The second-order valence-electron chi connectivity index (χ2n) is 7.73. The van der Waals surface area contributed by atoms with Crippen molar-refractivity contribution in [1.82, 2.24) is 19.1 Å². The molecule has 9 heteroatoms.